The second kappa shape index (κ2) is 7.78. The fourth-order valence-corrected chi connectivity index (χ4v) is 3.44. The summed E-state index contributed by atoms with van der Waals surface area (Å²) in [6.07, 6.45) is 0. The van der Waals surface area contributed by atoms with E-state index in [4.69, 9.17) is 27.6 Å². The predicted octanol–water partition coefficient (Wildman–Crippen LogP) is 6.27. The lowest BCUT2D eigenvalue weighted by Gasteiger charge is -2.07. The molecule has 0 aliphatic rings. The number of rotatable bonds is 4. The number of benzene rings is 3. The van der Waals surface area contributed by atoms with E-state index in [-0.39, 0.29) is 11.3 Å². The molecule has 1 heterocycles. The summed E-state index contributed by atoms with van der Waals surface area (Å²) in [6.45, 7) is 1.54. The van der Waals surface area contributed by atoms with E-state index in [2.05, 4.69) is 10.3 Å². The molecule has 0 saturated heterocycles. The Labute approximate surface area is 180 Å². The quantitative estimate of drug-likeness (QED) is 0.297. The number of nitro benzene ring substituents is 1. The first-order chi connectivity index (χ1) is 14.3. The molecule has 150 valence electrons. The second-order valence-corrected chi connectivity index (χ2v) is 7.25. The SMILES string of the molecule is Cc1c(C(=O)Nc2ccc3oc(-c4cccc(Cl)c4Cl)nc3c2)cccc1[N+](=O)[O-]. The third-order valence-corrected chi connectivity index (χ3v) is 5.39. The number of nitrogens with zero attached hydrogens (tertiary/aromatic N) is 2. The predicted molar refractivity (Wildman–Crippen MR) is 115 cm³/mol. The molecule has 7 nitrogen and oxygen atoms in total. The molecule has 0 atom stereocenters. The molecule has 0 saturated carbocycles. The number of anilines is 1. The summed E-state index contributed by atoms with van der Waals surface area (Å²) in [5.41, 5.74) is 2.43. The van der Waals surface area contributed by atoms with Gasteiger partial charge in [-0.2, -0.15) is 0 Å². The molecule has 1 N–H and O–H groups in total. The summed E-state index contributed by atoms with van der Waals surface area (Å²) in [5.74, 6) is -0.160. The number of fused-ring (bicyclic) bond motifs is 1. The Morgan fingerprint density at radius 1 is 1.13 bits per heavy atom. The van der Waals surface area contributed by atoms with Crippen LogP contribution >= 0.6 is 23.2 Å². The van der Waals surface area contributed by atoms with Crippen LogP contribution in [0.25, 0.3) is 22.6 Å². The third kappa shape index (κ3) is 3.60. The Kier molecular flexibility index (Phi) is 5.15. The lowest BCUT2D eigenvalue weighted by Crippen LogP contribution is -2.14. The molecule has 0 unspecified atom stereocenters. The highest BCUT2D eigenvalue weighted by Crippen LogP contribution is 2.35. The Bertz CT molecular complexity index is 1320. The van der Waals surface area contributed by atoms with Crippen LogP contribution < -0.4 is 5.32 Å². The summed E-state index contributed by atoms with van der Waals surface area (Å²) >= 11 is 12.3. The van der Waals surface area contributed by atoms with E-state index in [0.717, 1.165) is 0 Å². The van der Waals surface area contributed by atoms with Gasteiger partial charge in [-0.25, -0.2) is 4.98 Å². The molecule has 30 heavy (non-hydrogen) atoms. The van der Waals surface area contributed by atoms with E-state index in [1.54, 1.807) is 36.4 Å². The normalized spacial score (nSPS) is 10.9. The van der Waals surface area contributed by atoms with Gasteiger partial charge < -0.3 is 9.73 Å². The van der Waals surface area contributed by atoms with E-state index in [1.165, 1.54) is 25.1 Å². The number of halogens is 2. The zero-order chi connectivity index (χ0) is 21.4. The standard InChI is InChI=1S/C21H13Cl2N3O4/c1-11-13(4-3-7-17(11)26(28)29)20(27)24-12-8-9-18-16(10-12)25-21(30-18)14-5-2-6-15(22)19(14)23/h2-10H,1H3,(H,24,27). The second-order valence-electron chi connectivity index (χ2n) is 6.46. The monoisotopic (exact) mass is 441 g/mol. The first-order valence-electron chi connectivity index (χ1n) is 8.75. The van der Waals surface area contributed by atoms with Gasteiger partial charge in [-0.05, 0) is 43.3 Å². The maximum atomic E-state index is 12.6. The van der Waals surface area contributed by atoms with Crippen LogP contribution in [0.4, 0.5) is 11.4 Å². The Balaban J connectivity index is 1.65. The number of nitrogens with one attached hydrogen (secondary N) is 1. The van der Waals surface area contributed by atoms with Gasteiger partial charge in [-0.3, -0.25) is 14.9 Å². The van der Waals surface area contributed by atoms with Crippen LogP contribution in [-0.2, 0) is 0 Å². The van der Waals surface area contributed by atoms with Crippen molar-refractivity contribution in [3.63, 3.8) is 0 Å². The van der Waals surface area contributed by atoms with Crippen LogP contribution in [-0.4, -0.2) is 15.8 Å². The molecule has 0 aliphatic heterocycles. The average Bonchev–Trinajstić information content (AvgIpc) is 3.13. The maximum Gasteiger partial charge on any atom is 0.273 e. The van der Waals surface area contributed by atoms with Gasteiger partial charge in [-0.15, -0.1) is 0 Å². The van der Waals surface area contributed by atoms with Crippen LogP contribution in [0, 0.1) is 17.0 Å². The van der Waals surface area contributed by atoms with Gasteiger partial charge in [0.1, 0.15) is 5.52 Å². The summed E-state index contributed by atoms with van der Waals surface area (Å²) in [5, 5.41) is 14.6. The number of aromatic nitrogens is 1. The van der Waals surface area contributed by atoms with Crippen molar-refractivity contribution in [2.24, 2.45) is 0 Å². The van der Waals surface area contributed by atoms with Crippen LogP contribution in [0.5, 0.6) is 0 Å². The van der Waals surface area contributed by atoms with E-state index in [0.29, 0.717) is 43.9 Å². The lowest BCUT2D eigenvalue weighted by atomic mass is 10.1. The average molecular weight is 442 g/mol. The third-order valence-electron chi connectivity index (χ3n) is 4.57. The van der Waals surface area contributed by atoms with Gasteiger partial charge in [0.05, 0.1) is 20.5 Å². The van der Waals surface area contributed by atoms with E-state index in [1.807, 2.05) is 0 Å². The number of nitro groups is 1. The Hall–Kier alpha value is -3.42. The van der Waals surface area contributed by atoms with Gasteiger partial charge in [0.25, 0.3) is 11.6 Å². The molecule has 1 aromatic heterocycles. The molecule has 3 aromatic carbocycles. The lowest BCUT2D eigenvalue weighted by molar-refractivity contribution is -0.385. The van der Waals surface area contributed by atoms with Crippen molar-refractivity contribution in [3.8, 4) is 11.5 Å². The molecule has 0 radical (unpaired) electrons. The maximum absolute atomic E-state index is 12.6. The summed E-state index contributed by atoms with van der Waals surface area (Å²) in [6, 6.07) is 14.5. The van der Waals surface area contributed by atoms with Gasteiger partial charge in [0.2, 0.25) is 5.89 Å². The van der Waals surface area contributed by atoms with Crippen LogP contribution in [0.3, 0.4) is 0 Å². The minimum atomic E-state index is -0.518. The van der Waals surface area contributed by atoms with E-state index in [9.17, 15) is 14.9 Å². The first kappa shape index (κ1) is 19.9. The van der Waals surface area contributed by atoms with Crippen molar-refractivity contribution in [2.45, 2.75) is 6.92 Å². The number of hydrogen-bond acceptors (Lipinski definition) is 5. The minimum Gasteiger partial charge on any atom is -0.436 e. The largest absolute Gasteiger partial charge is 0.436 e. The van der Waals surface area contributed by atoms with Crippen molar-refractivity contribution >= 4 is 51.6 Å². The smallest absolute Gasteiger partial charge is 0.273 e. The van der Waals surface area contributed by atoms with Crippen LogP contribution in [0.2, 0.25) is 10.0 Å². The fraction of sp³-hybridized carbons (Fsp3) is 0.0476. The van der Waals surface area contributed by atoms with E-state index >= 15 is 0 Å². The molecule has 0 aliphatic carbocycles. The number of oxazole rings is 1. The van der Waals surface area contributed by atoms with Crippen LogP contribution in [0.15, 0.2) is 59.0 Å². The Morgan fingerprint density at radius 3 is 2.67 bits per heavy atom. The highest BCUT2D eigenvalue weighted by Gasteiger charge is 2.19. The molecule has 0 spiro atoms. The van der Waals surface area contributed by atoms with Gasteiger partial charge in [0.15, 0.2) is 5.58 Å². The summed E-state index contributed by atoms with van der Waals surface area (Å²) < 4.78 is 5.75. The highest BCUT2D eigenvalue weighted by molar-refractivity contribution is 6.43. The van der Waals surface area contributed by atoms with Crippen molar-refractivity contribution in [1.29, 1.82) is 0 Å². The summed E-state index contributed by atoms with van der Waals surface area (Å²) in [7, 11) is 0. The van der Waals surface area contributed by atoms with Crippen molar-refractivity contribution in [3.05, 3.63) is 85.9 Å². The number of carbonyl (C=O) groups is 1. The molecular formula is C21H13Cl2N3O4. The topological polar surface area (TPSA) is 98.3 Å². The highest BCUT2D eigenvalue weighted by atomic mass is 35.5. The molecule has 0 fully saturated rings. The number of carbonyl (C=O) groups excluding carboxylic acids is 1. The molecule has 4 rings (SSSR count). The zero-order valence-electron chi connectivity index (χ0n) is 15.5. The Morgan fingerprint density at radius 2 is 1.90 bits per heavy atom. The molecule has 0 bridgehead atoms. The van der Waals surface area contributed by atoms with Gasteiger partial charge >= 0.3 is 0 Å². The molecular weight excluding hydrogens is 429 g/mol. The number of amides is 1. The number of hydrogen-bond donors (Lipinski definition) is 1. The van der Waals surface area contributed by atoms with Crippen molar-refractivity contribution in [2.75, 3.05) is 5.32 Å². The van der Waals surface area contributed by atoms with Gasteiger partial charge in [0, 0.05) is 22.9 Å². The van der Waals surface area contributed by atoms with Crippen molar-refractivity contribution in [1.82, 2.24) is 4.98 Å². The minimum absolute atomic E-state index is 0.113. The summed E-state index contributed by atoms with van der Waals surface area (Å²) in [4.78, 5) is 27.7. The van der Waals surface area contributed by atoms with Crippen molar-refractivity contribution < 1.29 is 14.1 Å². The molecule has 1 amide bonds. The van der Waals surface area contributed by atoms with Crippen LogP contribution in [0.1, 0.15) is 15.9 Å². The zero-order valence-corrected chi connectivity index (χ0v) is 17.0. The van der Waals surface area contributed by atoms with Gasteiger partial charge in [-0.1, -0.05) is 35.3 Å². The fourth-order valence-electron chi connectivity index (χ4n) is 3.06. The molecule has 4 aromatic rings. The first-order valence-corrected chi connectivity index (χ1v) is 9.51. The van der Waals surface area contributed by atoms with E-state index < -0.39 is 10.8 Å². The molecule has 9 heteroatoms.